The lowest BCUT2D eigenvalue weighted by atomic mass is 9.42. The van der Waals surface area contributed by atoms with Crippen LogP contribution in [0, 0.1) is 46.3 Å². The van der Waals surface area contributed by atoms with E-state index >= 15 is 0 Å². The van der Waals surface area contributed by atoms with Crippen LogP contribution in [0.15, 0.2) is 0 Å². The number of methoxy groups -OCH3 is 1. The summed E-state index contributed by atoms with van der Waals surface area (Å²) in [5.41, 5.74) is -1.80. The van der Waals surface area contributed by atoms with Gasteiger partial charge in [0.15, 0.2) is 12.6 Å². The third-order valence-corrected chi connectivity index (χ3v) is 14.9. The summed E-state index contributed by atoms with van der Waals surface area (Å²) in [6.45, 7) is 10.1. The molecule has 13 nitrogen and oxygen atoms in total. The van der Waals surface area contributed by atoms with Crippen molar-refractivity contribution in [3.05, 3.63) is 0 Å². The second-order valence-corrected chi connectivity index (χ2v) is 18.0. The molecule has 13 heteroatoms. The van der Waals surface area contributed by atoms with Crippen LogP contribution in [-0.4, -0.2) is 140 Å². The molecule has 0 aromatic rings. The van der Waals surface area contributed by atoms with Crippen molar-refractivity contribution in [2.75, 3.05) is 20.3 Å². The van der Waals surface area contributed by atoms with E-state index in [0.717, 1.165) is 25.7 Å². The van der Waals surface area contributed by atoms with Gasteiger partial charge >= 0.3 is 0 Å². The average molecular weight is 731 g/mol. The maximum atomic E-state index is 12.6. The van der Waals surface area contributed by atoms with Gasteiger partial charge in [-0.15, -0.1) is 0 Å². The van der Waals surface area contributed by atoms with Crippen molar-refractivity contribution in [3.63, 3.8) is 0 Å². The second-order valence-electron chi connectivity index (χ2n) is 18.0. The topological polar surface area (TPSA) is 208 Å². The van der Waals surface area contributed by atoms with Crippen molar-refractivity contribution in [1.82, 2.24) is 0 Å². The molecule has 2 aliphatic heterocycles. The molecule has 0 amide bonds. The van der Waals surface area contributed by atoms with Gasteiger partial charge in [-0.25, -0.2) is 0 Å². The van der Waals surface area contributed by atoms with Crippen LogP contribution < -0.4 is 0 Å². The van der Waals surface area contributed by atoms with Crippen molar-refractivity contribution in [2.45, 2.75) is 172 Å². The minimum Gasteiger partial charge on any atom is -0.394 e. The molecule has 8 N–H and O–H groups in total. The first kappa shape index (κ1) is 40.2. The Hall–Kier alpha value is -0.520. The van der Waals surface area contributed by atoms with Gasteiger partial charge in [0.05, 0.1) is 43.2 Å². The van der Waals surface area contributed by atoms with E-state index in [1.54, 1.807) is 0 Å². The Morgan fingerprint density at radius 2 is 1.53 bits per heavy atom. The van der Waals surface area contributed by atoms with E-state index in [1.807, 2.05) is 13.8 Å². The van der Waals surface area contributed by atoms with Crippen LogP contribution in [0.3, 0.4) is 0 Å². The number of aliphatic hydroxyl groups excluding tert-OH is 7. The Labute approximate surface area is 302 Å². The number of rotatable bonds is 11. The van der Waals surface area contributed by atoms with Gasteiger partial charge in [-0.3, -0.25) is 0 Å². The molecule has 0 aromatic heterocycles. The first-order valence-electron chi connectivity index (χ1n) is 19.5. The Morgan fingerprint density at radius 1 is 0.824 bits per heavy atom. The molecule has 296 valence electrons. The van der Waals surface area contributed by atoms with Crippen LogP contribution in [0.25, 0.3) is 0 Å². The highest BCUT2D eigenvalue weighted by atomic mass is 16.8. The molecule has 0 spiro atoms. The van der Waals surface area contributed by atoms with Crippen molar-refractivity contribution < 1.29 is 64.5 Å². The summed E-state index contributed by atoms with van der Waals surface area (Å²) in [5.74, 6) is -0.0804. The standard InChI is InChI=1S/C38H66O13/c1-18(2)26(49-35-32(30(45)27(16-39)50-35)51-34-31(47-6)29(44)25(43)17-48-34)8-7-19(3)21-14-23(41)33-37(21,5)12-10-28-36(4)11-9-20(40)13-22(36)24(42)15-38(28,33)46/h18-35,39-46H,7-17H2,1-6H3/t19-,20+,21-,22-,23-,24+,25-,26?,27+,28-,29+,30+,31-,32-,33-,34+,35-,36+,37-,38+/m1/s1. The minimum atomic E-state index is -1.26. The van der Waals surface area contributed by atoms with Gasteiger partial charge in [0, 0.05) is 19.4 Å². The molecule has 6 aliphatic rings. The molecule has 51 heavy (non-hydrogen) atoms. The normalized spacial score (nSPS) is 52.6. The van der Waals surface area contributed by atoms with Gasteiger partial charge in [0.2, 0.25) is 0 Å². The summed E-state index contributed by atoms with van der Waals surface area (Å²) in [6, 6.07) is 0. The SMILES string of the molecule is CO[C@H]1[C@H](O[C@H]2[C@H](OC(CC[C@@H](C)[C@H]3C[C@@H](O)[C@@H]4[C@]3(C)CC[C@@H]3[C@@]5(C)CC[C@H](O)C[C@@H]5[C@@H](O)C[C@]34O)C(C)C)O[C@@H](CO)[C@@H]2O)OC[C@@H](O)[C@@H]1O. The van der Waals surface area contributed by atoms with E-state index in [2.05, 4.69) is 20.8 Å². The summed E-state index contributed by atoms with van der Waals surface area (Å²) in [5, 5.41) is 87.7. The van der Waals surface area contributed by atoms with Gasteiger partial charge < -0.3 is 64.5 Å². The number of aliphatic hydroxyl groups is 8. The fourth-order valence-electron chi connectivity index (χ4n) is 12.2. The smallest absolute Gasteiger partial charge is 0.187 e. The fraction of sp³-hybridized carbons (Fsp3) is 1.00. The van der Waals surface area contributed by atoms with Crippen molar-refractivity contribution in [3.8, 4) is 0 Å². The van der Waals surface area contributed by atoms with Crippen LogP contribution in [0.4, 0.5) is 0 Å². The molecule has 6 rings (SSSR count). The van der Waals surface area contributed by atoms with E-state index < -0.39 is 79.7 Å². The molecule has 2 saturated heterocycles. The lowest BCUT2D eigenvalue weighted by molar-refractivity contribution is -0.311. The number of hydrogen-bond acceptors (Lipinski definition) is 13. The second kappa shape index (κ2) is 15.2. The Morgan fingerprint density at radius 3 is 2.20 bits per heavy atom. The lowest BCUT2D eigenvalue weighted by Gasteiger charge is -2.66. The Kier molecular flexibility index (Phi) is 12.0. The van der Waals surface area contributed by atoms with Crippen LogP contribution in [0.2, 0.25) is 0 Å². The summed E-state index contributed by atoms with van der Waals surface area (Å²) >= 11 is 0. The Bertz CT molecular complexity index is 1180. The van der Waals surface area contributed by atoms with E-state index in [9.17, 15) is 40.9 Å². The molecule has 0 aromatic carbocycles. The van der Waals surface area contributed by atoms with E-state index in [1.165, 1.54) is 7.11 Å². The van der Waals surface area contributed by atoms with Crippen molar-refractivity contribution in [2.24, 2.45) is 46.3 Å². The van der Waals surface area contributed by atoms with Crippen LogP contribution in [-0.2, 0) is 23.7 Å². The van der Waals surface area contributed by atoms with Gasteiger partial charge in [0.25, 0.3) is 0 Å². The summed E-state index contributed by atoms with van der Waals surface area (Å²) in [6.07, 6.45) is -5.08. The fourth-order valence-corrected chi connectivity index (χ4v) is 12.2. The van der Waals surface area contributed by atoms with Gasteiger partial charge in [-0.1, -0.05) is 34.6 Å². The number of fused-ring (bicyclic) bond motifs is 5. The zero-order valence-electron chi connectivity index (χ0n) is 31.3. The van der Waals surface area contributed by atoms with Crippen LogP contribution in [0.5, 0.6) is 0 Å². The molecule has 4 saturated carbocycles. The molecule has 1 unspecified atom stereocenters. The lowest BCUT2D eigenvalue weighted by Crippen LogP contribution is -2.68. The molecule has 2 heterocycles. The predicted molar refractivity (Wildman–Crippen MR) is 183 cm³/mol. The molecule has 0 radical (unpaired) electrons. The highest BCUT2D eigenvalue weighted by Crippen LogP contribution is 2.69. The van der Waals surface area contributed by atoms with E-state index in [0.29, 0.717) is 25.7 Å². The summed E-state index contributed by atoms with van der Waals surface area (Å²) in [7, 11) is 1.36. The van der Waals surface area contributed by atoms with Crippen molar-refractivity contribution in [1.29, 1.82) is 0 Å². The monoisotopic (exact) mass is 730 g/mol. The average Bonchev–Trinajstić information content (AvgIpc) is 3.53. The van der Waals surface area contributed by atoms with Gasteiger partial charge in [-0.2, -0.15) is 0 Å². The first-order valence-corrected chi connectivity index (χ1v) is 19.5. The van der Waals surface area contributed by atoms with Gasteiger partial charge in [0.1, 0.15) is 36.6 Å². The molecule has 20 atom stereocenters. The molecule has 6 fully saturated rings. The zero-order chi connectivity index (χ0) is 37.2. The molecular weight excluding hydrogens is 664 g/mol. The first-order chi connectivity index (χ1) is 24.0. The minimum absolute atomic E-state index is 0.0439. The maximum absolute atomic E-state index is 12.6. The quantitative estimate of drug-likeness (QED) is 0.150. The Balaban J connectivity index is 1.13. The maximum Gasteiger partial charge on any atom is 0.187 e. The summed E-state index contributed by atoms with van der Waals surface area (Å²) < 4.78 is 29.5. The number of ether oxygens (including phenoxy) is 5. The molecule has 0 bridgehead atoms. The van der Waals surface area contributed by atoms with E-state index in [4.69, 9.17) is 23.7 Å². The van der Waals surface area contributed by atoms with Crippen LogP contribution in [0.1, 0.15) is 92.4 Å². The van der Waals surface area contributed by atoms with E-state index in [-0.39, 0.29) is 65.5 Å². The third kappa shape index (κ3) is 6.97. The van der Waals surface area contributed by atoms with Gasteiger partial charge in [-0.05, 0) is 91.8 Å². The highest BCUT2D eigenvalue weighted by Gasteiger charge is 2.70. The van der Waals surface area contributed by atoms with Crippen molar-refractivity contribution >= 4 is 0 Å². The van der Waals surface area contributed by atoms with Crippen LogP contribution >= 0.6 is 0 Å². The predicted octanol–water partition coefficient (Wildman–Crippen LogP) is 1.08. The molecular formula is C38H66O13. The number of hydrogen-bond donors (Lipinski definition) is 8. The largest absolute Gasteiger partial charge is 0.394 e. The third-order valence-electron chi connectivity index (χ3n) is 14.9. The highest BCUT2D eigenvalue weighted by molar-refractivity contribution is 5.20. The molecule has 4 aliphatic carbocycles. The summed E-state index contributed by atoms with van der Waals surface area (Å²) in [4.78, 5) is 0. The zero-order valence-corrected chi connectivity index (χ0v) is 31.3.